The first-order chi connectivity index (χ1) is 6.77. The number of hydrogen-bond acceptors (Lipinski definition) is 2. The van der Waals surface area contributed by atoms with E-state index in [0.29, 0.717) is 6.04 Å². The third kappa shape index (κ3) is 1.78. The van der Waals surface area contributed by atoms with E-state index < -0.39 is 0 Å². The van der Waals surface area contributed by atoms with Gasteiger partial charge in [0, 0.05) is 32.3 Å². The molecular weight excluding hydrogens is 178 g/mol. The van der Waals surface area contributed by atoms with E-state index in [-0.39, 0.29) is 5.91 Å². The van der Waals surface area contributed by atoms with E-state index in [1.165, 1.54) is 0 Å². The van der Waals surface area contributed by atoms with Crippen molar-refractivity contribution in [3.63, 3.8) is 0 Å². The summed E-state index contributed by atoms with van der Waals surface area (Å²) in [5.41, 5.74) is 0. The largest absolute Gasteiger partial charge is 0.343 e. The third-order valence-electron chi connectivity index (χ3n) is 2.76. The quantitative estimate of drug-likeness (QED) is 0.662. The first kappa shape index (κ1) is 9.24. The Morgan fingerprint density at radius 2 is 2.21 bits per heavy atom. The van der Waals surface area contributed by atoms with E-state index in [2.05, 4.69) is 11.2 Å². The lowest BCUT2D eigenvalue weighted by Gasteiger charge is -2.31. The number of carbonyl (C=O) groups excluding carboxylic acids is 1. The average molecular weight is 192 g/mol. The van der Waals surface area contributed by atoms with Crippen LogP contribution in [0.2, 0.25) is 0 Å². The molecule has 2 rings (SSSR count). The Morgan fingerprint density at radius 1 is 1.50 bits per heavy atom. The zero-order chi connectivity index (χ0) is 9.97. The summed E-state index contributed by atoms with van der Waals surface area (Å²) in [5.74, 6) is 0.176. The van der Waals surface area contributed by atoms with Crippen LogP contribution >= 0.6 is 0 Å². The molecule has 1 radical (unpaired) electrons. The fraction of sp³-hybridized carbons (Fsp3) is 0.600. The smallest absolute Gasteiger partial charge is 0.219 e. The van der Waals surface area contributed by atoms with Gasteiger partial charge in [-0.25, -0.2) is 0 Å². The van der Waals surface area contributed by atoms with Crippen molar-refractivity contribution in [2.24, 2.45) is 0 Å². The van der Waals surface area contributed by atoms with Crippen LogP contribution in [-0.2, 0) is 4.79 Å². The van der Waals surface area contributed by atoms with Crippen molar-refractivity contribution in [3.8, 4) is 0 Å². The van der Waals surface area contributed by atoms with Crippen LogP contribution in [0.15, 0.2) is 12.4 Å². The summed E-state index contributed by atoms with van der Waals surface area (Å²) in [6, 6.07) is 3.37. The molecule has 2 heterocycles. The van der Waals surface area contributed by atoms with Crippen LogP contribution in [0.25, 0.3) is 0 Å². The normalized spacial score (nSPS) is 18.5. The average Bonchev–Trinajstić information content (AvgIpc) is 2.71. The number of nitrogens with zero attached hydrogens (tertiary/aromatic N) is 3. The van der Waals surface area contributed by atoms with Gasteiger partial charge in [-0.1, -0.05) is 0 Å². The SMILES string of the molecule is CC(=O)N1CCC(n2c[c]cn2)CC1. The molecule has 0 bridgehead atoms. The van der Waals surface area contributed by atoms with Gasteiger partial charge in [-0.2, -0.15) is 5.10 Å². The van der Waals surface area contributed by atoms with Gasteiger partial charge in [-0.15, -0.1) is 0 Å². The molecule has 1 aliphatic heterocycles. The monoisotopic (exact) mass is 192 g/mol. The van der Waals surface area contributed by atoms with Crippen LogP contribution in [0.5, 0.6) is 0 Å². The molecule has 0 spiro atoms. The lowest BCUT2D eigenvalue weighted by Crippen LogP contribution is -2.37. The maximum absolute atomic E-state index is 11.1. The van der Waals surface area contributed by atoms with E-state index in [0.717, 1.165) is 25.9 Å². The van der Waals surface area contributed by atoms with Crippen molar-refractivity contribution in [2.45, 2.75) is 25.8 Å². The van der Waals surface area contributed by atoms with Crippen LogP contribution in [0.4, 0.5) is 0 Å². The first-order valence-corrected chi connectivity index (χ1v) is 4.93. The van der Waals surface area contributed by atoms with Crippen LogP contribution in [-0.4, -0.2) is 33.7 Å². The first-order valence-electron chi connectivity index (χ1n) is 4.93. The highest BCUT2D eigenvalue weighted by Crippen LogP contribution is 2.20. The van der Waals surface area contributed by atoms with E-state index in [1.54, 1.807) is 13.1 Å². The Morgan fingerprint density at radius 3 is 2.71 bits per heavy atom. The number of piperidine rings is 1. The van der Waals surface area contributed by atoms with E-state index >= 15 is 0 Å². The zero-order valence-electron chi connectivity index (χ0n) is 8.31. The maximum Gasteiger partial charge on any atom is 0.219 e. The number of carbonyl (C=O) groups is 1. The number of likely N-dealkylation sites (tertiary alicyclic amines) is 1. The lowest BCUT2D eigenvalue weighted by molar-refractivity contribution is -0.130. The highest BCUT2D eigenvalue weighted by Gasteiger charge is 2.21. The Kier molecular flexibility index (Phi) is 2.52. The van der Waals surface area contributed by atoms with E-state index in [1.807, 2.05) is 15.8 Å². The summed E-state index contributed by atoms with van der Waals surface area (Å²) in [5, 5.41) is 4.17. The van der Waals surface area contributed by atoms with Crippen LogP contribution < -0.4 is 0 Å². The molecule has 1 amide bonds. The van der Waals surface area contributed by atoms with Crippen molar-refractivity contribution < 1.29 is 4.79 Å². The fourth-order valence-electron chi connectivity index (χ4n) is 1.89. The molecule has 0 unspecified atom stereocenters. The predicted octanol–water partition coefficient (Wildman–Crippen LogP) is 0.867. The van der Waals surface area contributed by atoms with Gasteiger partial charge in [0.25, 0.3) is 0 Å². The third-order valence-corrected chi connectivity index (χ3v) is 2.76. The number of amides is 1. The number of rotatable bonds is 1. The Hall–Kier alpha value is -1.32. The summed E-state index contributed by atoms with van der Waals surface area (Å²) in [6.45, 7) is 3.32. The molecule has 0 aliphatic carbocycles. The second-order valence-electron chi connectivity index (χ2n) is 3.66. The fourth-order valence-corrected chi connectivity index (χ4v) is 1.89. The standard InChI is InChI=1S/C10H14N3O/c1-9(14)12-7-3-10(4-8-12)13-6-2-5-11-13/h5-6,10H,3-4,7-8H2,1H3. The second kappa shape index (κ2) is 3.82. The summed E-state index contributed by atoms with van der Waals surface area (Å²) >= 11 is 0. The summed E-state index contributed by atoms with van der Waals surface area (Å²) < 4.78 is 1.94. The molecule has 0 atom stereocenters. The van der Waals surface area contributed by atoms with Crippen molar-refractivity contribution in [2.75, 3.05) is 13.1 Å². The summed E-state index contributed by atoms with van der Waals surface area (Å²) in [7, 11) is 0. The Bertz CT molecular complexity index is 299. The Balaban J connectivity index is 1.93. The summed E-state index contributed by atoms with van der Waals surface area (Å²) in [4.78, 5) is 13.0. The molecule has 0 aromatic carbocycles. The minimum Gasteiger partial charge on any atom is -0.343 e. The van der Waals surface area contributed by atoms with Gasteiger partial charge in [0.2, 0.25) is 5.91 Å². The maximum atomic E-state index is 11.1. The van der Waals surface area contributed by atoms with Gasteiger partial charge in [0.15, 0.2) is 0 Å². The molecule has 1 aromatic rings. The molecule has 0 saturated carbocycles. The van der Waals surface area contributed by atoms with E-state index in [4.69, 9.17) is 0 Å². The van der Waals surface area contributed by atoms with E-state index in [9.17, 15) is 4.79 Å². The number of hydrogen-bond donors (Lipinski definition) is 0. The van der Waals surface area contributed by atoms with Gasteiger partial charge >= 0.3 is 0 Å². The topological polar surface area (TPSA) is 38.1 Å². The summed E-state index contributed by atoms with van der Waals surface area (Å²) in [6.07, 6.45) is 5.54. The molecule has 4 heteroatoms. The molecule has 1 fully saturated rings. The molecule has 1 saturated heterocycles. The zero-order valence-corrected chi connectivity index (χ0v) is 8.31. The van der Waals surface area contributed by atoms with Crippen molar-refractivity contribution in [3.05, 3.63) is 18.5 Å². The van der Waals surface area contributed by atoms with Crippen molar-refractivity contribution >= 4 is 5.91 Å². The molecule has 75 valence electrons. The van der Waals surface area contributed by atoms with Crippen molar-refractivity contribution in [1.29, 1.82) is 0 Å². The molecule has 4 nitrogen and oxygen atoms in total. The second-order valence-corrected chi connectivity index (χ2v) is 3.66. The minimum atomic E-state index is 0.176. The predicted molar refractivity (Wildman–Crippen MR) is 51.6 cm³/mol. The molecule has 0 N–H and O–H groups in total. The molecular formula is C10H14N3O. The minimum absolute atomic E-state index is 0.176. The van der Waals surface area contributed by atoms with Gasteiger partial charge in [-0.3, -0.25) is 9.48 Å². The number of aromatic nitrogens is 2. The Labute approximate surface area is 83.5 Å². The molecule has 1 aliphatic rings. The van der Waals surface area contributed by atoms with Crippen LogP contribution in [0.3, 0.4) is 0 Å². The van der Waals surface area contributed by atoms with Gasteiger partial charge in [0.1, 0.15) is 0 Å². The van der Waals surface area contributed by atoms with Gasteiger partial charge in [0.05, 0.1) is 12.2 Å². The van der Waals surface area contributed by atoms with Crippen LogP contribution in [0, 0.1) is 6.07 Å². The van der Waals surface area contributed by atoms with Gasteiger partial charge in [-0.05, 0) is 12.8 Å². The highest BCUT2D eigenvalue weighted by molar-refractivity contribution is 5.73. The molecule has 14 heavy (non-hydrogen) atoms. The van der Waals surface area contributed by atoms with Crippen LogP contribution in [0.1, 0.15) is 25.8 Å². The van der Waals surface area contributed by atoms with Crippen molar-refractivity contribution in [1.82, 2.24) is 14.7 Å². The highest BCUT2D eigenvalue weighted by atomic mass is 16.2. The molecule has 1 aromatic heterocycles. The van der Waals surface area contributed by atoms with Gasteiger partial charge < -0.3 is 4.90 Å². The lowest BCUT2D eigenvalue weighted by atomic mass is 10.1.